The van der Waals surface area contributed by atoms with E-state index in [1.807, 2.05) is 6.92 Å². The van der Waals surface area contributed by atoms with Gasteiger partial charge in [-0.25, -0.2) is 0 Å². The number of nitrogens with one attached hydrogen (secondary N) is 1. The molecule has 1 atom stereocenters. The molecule has 5 nitrogen and oxygen atoms in total. The molecule has 1 fully saturated rings. The van der Waals surface area contributed by atoms with Gasteiger partial charge in [-0.1, -0.05) is 6.92 Å². The van der Waals surface area contributed by atoms with Crippen molar-refractivity contribution < 1.29 is 19.1 Å². The molecular weight excluding hydrogens is 294 g/mol. The summed E-state index contributed by atoms with van der Waals surface area (Å²) in [6.45, 7) is 13.9. The van der Waals surface area contributed by atoms with Crippen LogP contribution in [0.2, 0.25) is 0 Å². The zero-order valence-corrected chi connectivity index (χ0v) is 15.9. The van der Waals surface area contributed by atoms with Gasteiger partial charge < -0.3 is 14.8 Å². The molecule has 1 N–H and O–H groups in total. The van der Waals surface area contributed by atoms with E-state index >= 15 is 0 Å². The Labute approximate surface area is 140 Å². The molecule has 1 saturated heterocycles. The van der Waals surface area contributed by atoms with Crippen LogP contribution in [0.5, 0.6) is 0 Å². The van der Waals surface area contributed by atoms with Crippen LogP contribution < -0.4 is 5.32 Å². The second-order valence-electron chi connectivity index (χ2n) is 8.84. The summed E-state index contributed by atoms with van der Waals surface area (Å²) in [7, 11) is 1.37. The molecule has 0 aromatic carbocycles. The monoisotopic (exact) mass is 327 g/mol. The van der Waals surface area contributed by atoms with Crippen molar-refractivity contribution in [3.05, 3.63) is 0 Å². The van der Waals surface area contributed by atoms with Gasteiger partial charge in [0.25, 0.3) is 0 Å². The molecule has 0 bridgehead atoms. The van der Waals surface area contributed by atoms with Crippen molar-refractivity contribution in [3.63, 3.8) is 0 Å². The fourth-order valence-electron chi connectivity index (χ4n) is 3.80. The van der Waals surface area contributed by atoms with Crippen molar-refractivity contribution in [2.24, 2.45) is 11.3 Å². The van der Waals surface area contributed by atoms with Gasteiger partial charge in [-0.15, -0.1) is 0 Å². The minimum atomic E-state index is -0.695. The first kappa shape index (κ1) is 19.9. The van der Waals surface area contributed by atoms with Crippen molar-refractivity contribution in [3.8, 4) is 0 Å². The molecule has 0 aromatic heterocycles. The molecule has 1 aliphatic rings. The molecule has 23 heavy (non-hydrogen) atoms. The highest BCUT2D eigenvalue weighted by molar-refractivity contribution is 5.78. The first-order valence-corrected chi connectivity index (χ1v) is 8.36. The van der Waals surface area contributed by atoms with Crippen LogP contribution in [0.1, 0.15) is 67.7 Å². The average Bonchev–Trinajstić information content (AvgIpc) is 2.32. The van der Waals surface area contributed by atoms with Crippen LogP contribution in [0.3, 0.4) is 0 Å². The molecule has 5 heteroatoms. The Morgan fingerprint density at radius 3 is 2.09 bits per heavy atom. The summed E-state index contributed by atoms with van der Waals surface area (Å²) in [5.74, 6) is -0.882. The number of esters is 2. The number of carbonyl (C=O) groups excluding carboxylic acids is 2. The molecular formula is C18H33NO4. The van der Waals surface area contributed by atoms with E-state index in [4.69, 9.17) is 9.47 Å². The smallest absolute Gasteiger partial charge is 0.311 e. The highest BCUT2D eigenvalue weighted by atomic mass is 16.5. The van der Waals surface area contributed by atoms with E-state index in [1.54, 1.807) is 13.8 Å². The minimum absolute atomic E-state index is 0.0682. The number of carbonyl (C=O) groups is 2. The quantitative estimate of drug-likeness (QED) is 0.786. The third-order valence-corrected chi connectivity index (χ3v) is 4.39. The summed E-state index contributed by atoms with van der Waals surface area (Å²) in [5.41, 5.74) is -0.831. The third kappa shape index (κ3) is 5.79. The molecule has 1 rings (SSSR count). The molecule has 0 amide bonds. The highest BCUT2D eigenvalue weighted by Gasteiger charge is 2.40. The van der Waals surface area contributed by atoms with Gasteiger partial charge >= 0.3 is 11.9 Å². The molecule has 0 spiro atoms. The average molecular weight is 327 g/mol. The van der Waals surface area contributed by atoms with Crippen molar-refractivity contribution >= 4 is 11.9 Å². The van der Waals surface area contributed by atoms with Crippen LogP contribution in [0.15, 0.2) is 0 Å². The molecule has 0 aromatic rings. The zero-order valence-electron chi connectivity index (χ0n) is 15.9. The lowest BCUT2D eigenvalue weighted by Gasteiger charge is -2.46. The molecule has 1 heterocycles. The standard InChI is InChI=1S/C18H33NO4/c1-12(9-16(2,3)15(21)22-8)14(20)23-13-10-17(4,5)19-18(6,7)11-13/h12-13,19H,9-11H2,1-8H3. The van der Waals surface area contributed by atoms with E-state index in [1.165, 1.54) is 7.11 Å². The fourth-order valence-corrected chi connectivity index (χ4v) is 3.80. The van der Waals surface area contributed by atoms with E-state index in [-0.39, 0.29) is 35.0 Å². The summed E-state index contributed by atoms with van der Waals surface area (Å²) >= 11 is 0. The Balaban J connectivity index is 2.66. The van der Waals surface area contributed by atoms with Gasteiger partial charge in [0.1, 0.15) is 6.10 Å². The van der Waals surface area contributed by atoms with Gasteiger partial charge in [-0.3, -0.25) is 9.59 Å². The molecule has 134 valence electrons. The summed E-state index contributed by atoms with van der Waals surface area (Å²) < 4.78 is 10.6. The van der Waals surface area contributed by atoms with Gasteiger partial charge in [-0.05, 0) is 48.0 Å². The van der Waals surface area contributed by atoms with Gasteiger partial charge in [0.05, 0.1) is 18.4 Å². The summed E-state index contributed by atoms with van der Waals surface area (Å²) in [5, 5.41) is 3.57. The van der Waals surface area contributed by atoms with Crippen LogP contribution in [0.25, 0.3) is 0 Å². The van der Waals surface area contributed by atoms with Crippen LogP contribution in [0.4, 0.5) is 0 Å². The number of methoxy groups -OCH3 is 1. The van der Waals surface area contributed by atoms with Crippen LogP contribution in [0, 0.1) is 11.3 Å². The van der Waals surface area contributed by atoms with E-state index in [2.05, 4.69) is 33.0 Å². The SMILES string of the molecule is COC(=O)C(C)(C)CC(C)C(=O)OC1CC(C)(C)NC(C)(C)C1. The second-order valence-corrected chi connectivity index (χ2v) is 8.84. The first-order valence-electron chi connectivity index (χ1n) is 8.36. The fraction of sp³-hybridized carbons (Fsp3) is 0.889. The zero-order chi connectivity index (χ0) is 18.1. The van der Waals surface area contributed by atoms with Gasteiger partial charge in [0, 0.05) is 23.9 Å². The molecule has 0 aliphatic carbocycles. The minimum Gasteiger partial charge on any atom is -0.469 e. The normalized spacial score (nSPS) is 22.3. The van der Waals surface area contributed by atoms with E-state index in [9.17, 15) is 9.59 Å². The first-order chi connectivity index (χ1) is 10.3. The lowest BCUT2D eigenvalue weighted by Crippen LogP contribution is -2.59. The van der Waals surface area contributed by atoms with E-state index < -0.39 is 5.41 Å². The largest absolute Gasteiger partial charge is 0.469 e. The maximum atomic E-state index is 12.4. The van der Waals surface area contributed by atoms with Gasteiger partial charge in [-0.2, -0.15) is 0 Å². The number of rotatable bonds is 5. The number of piperidine rings is 1. The Hall–Kier alpha value is -1.10. The summed E-state index contributed by atoms with van der Waals surface area (Å²) in [4.78, 5) is 24.2. The predicted octanol–water partition coefficient (Wildman–Crippen LogP) is 3.06. The predicted molar refractivity (Wildman–Crippen MR) is 90.0 cm³/mol. The molecule has 0 radical (unpaired) electrons. The lowest BCUT2D eigenvalue weighted by atomic mass is 9.80. The number of ether oxygens (including phenoxy) is 2. The van der Waals surface area contributed by atoms with Crippen LogP contribution >= 0.6 is 0 Å². The van der Waals surface area contributed by atoms with Gasteiger partial charge in [0.2, 0.25) is 0 Å². The Bertz CT molecular complexity index is 438. The van der Waals surface area contributed by atoms with Gasteiger partial charge in [0.15, 0.2) is 0 Å². The molecule has 0 saturated carbocycles. The number of hydrogen-bond acceptors (Lipinski definition) is 5. The Morgan fingerprint density at radius 2 is 1.65 bits per heavy atom. The molecule has 1 aliphatic heterocycles. The Morgan fingerprint density at radius 1 is 1.17 bits per heavy atom. The molecule has 1 unspecified atom stereocenters. The summed E-state index contributed by atoms with van der Waals surface area (Å²) in [6.07, 6.45) is 1.89. The van der Waals surface area contributed by atoms with E-state index in [0.29, 0.717) is 6.42 Å². The topological polar surface area (TPSA) is 64.6 Å². The van der Waals surface area contributed by atoms with Crippen LogP contribution in [-0.2, 0) is 19.1 Å². The van der Waals surface area contributed by atoms with Crippen molar-refractivity contribution in [2.75, 3.05) is 7.11 Å². The third-order valence-electron chi connectivity index (χ3n) is 4.39. The highest BCUT2D eigenvalue weighted by Crippen LogP contribution is 2.32. The lowest BCUT2D eigenvalue weighted by molar-refractivity contribution is -0.160. The van der Waals surface area contributed by atoms with E-state index in [0.717, 1.165) is 12.8 Å². The second kappa shape index (κ2) is 6.80. The number of hydrogen-bond donors (Lipinski definition) is 1. The van der Waals surface area contributed by atoms with Crippen molar-refractivity contribution in [1.29, 1.82) is 0 Å². The van der Waals surface area contributed by atoms with Crippen LogP contribution in [-0.4, -0.2) is 36.2 Å². The summed E-state index contributed by atoms with van der Waals surface area (Å²) in [6, 6.07) is 0. The van der Waals surface area contributed by atoms with Crippen molar-refractivity contribution in [2.45, 2.75) is 84.9 Å². The maximum absolute atomic E-state index is 12.4. The van der Waals surface area contributed by atoms with Crippen molar-refractivity contribution in [1.82, 2.24) is 5.32 Å². The Kier molecular flexibility index (Phi) is 5.89. The maximum Gasteiger partial charge on any atom is 0.311 e.